The van der Waals surface area contributed by atoms with Gasteiger partial charge in [0.1, 0.15) is 6.33 Å². The fraction of sp³-hybridized carbons (Fsp3) is 0.118. The normalized spacial score (nSPS) is 10.3. The van der Waals surface area contributed by atoms with Gasteiger partial charge in [0.25, 0.3) is 11.8 Å². The zero-order valence-corrected chi connectivity index (χ0v) is 13.5. The summed E-state index contributed by atoms with van der Waals surface area (Å²) in [4.78, 5) is 24.3. The minimum absolute atomic E-state index is 0.370. The molecule has 25 heavy (non-hydrogen) atoms. The van der Waals surface area contributed by atoms with Crippen molar-refractivity contribution in [2.75, 3.05) is 0 Å². The SMILES string of the molecule is CCc1ccc(C(=O)NNC(=O)c2cccc(-n3cnnn3)c2)cc1. The van der Waals surface area contributed by atoms with Crippen LogP contribution in [0.3, 0.4) is 0 Å². The Morgan fingerprint density at radius 3 is 2.36 bits per heavy atom. The zero-order chi connectivity index (χ0) is 17.6. The van der Waals surface area contributed by atoms with Gasteiger partial charge < -0.3 is 0 Å². The van der Waals surface area contributed by atoms with Crippen molar-refractivity contribution in [3.05, 3.63) is 71.5 Å². The molecule has 1 heterocycles. The highest BCUT2D eigenvalue weighted by molar-refractivity contribution is 5.99. The highest BCUT2D eigenvalue weighted by Gasteiger charge is 2.10. The highest BCUT2D eigenvalue weighted by Crippen LogP contribution is 2.09. The van der Waals surface area contributed by atoms with Gasteiger partial charge >= 0.3 is 0 Å². The average molecular weight is 336 g/mol. The maximum Gasteiger partial charge on any atom is 0.269 e. The molecule has 2 N–H and O–H groups in total. The summed E-state index contributed by atoms with van der Waals surface area (Å²) in [5, 5.41) is 10.9. The van der Waals surface area contributed by atoms with Crippen LogP contribution in [-0.2, 0) is 6.42 Å². The van der Waals surface area contributed by atoms with Crippen LogP contribution in [0.4, 0.5) is 0 Å². The predicted molar refractivity (Wildman–Crippen MR) is 89.9 cm³/mol. The van der Waals surface area contributed by atoms with Crippen molar-refractivity contribution in [1.29, 1.82) is 0 Å². The number of hydrogen-bond acceptors (Lipinski definition) is 5. The second-order valence-electron chi connectivity index (χ2n) is 5.26. The number of amides is 2. The first kappa shape index (κ1) is 16.3. The molecule has 0 unspecified atom stereocenters. The molecule has 0 atom stereocenters. The zero-order valence-electron chi connectivity index (χ0n) is 13.5. The summed E-state index contributed by atoms with van der Waals surface area (Å²) < 4.78 is 1.44. The molecule has 0 fully saturated rings. The van der Waals surface area contributed by atoms with Gasteiger partial charge in [0.2, 0.25) is 0 Å². The molecule has 0 spiro atoms. The van der Waals surface area contributed by atoms with E-state index < -0.39 is 5.91 Å². The summed E-state index contributed by atoms with van der Waals surface area (Å²) in [6.07, 6.45) is 2.33. The number of hydrogen-bond donors (Lipinski definition) is 2. The molecule has 3 rings (SSSR count). The summed E-state index contributed by atoms with van der Waals surface area (Å²) in [7, 11) is 0. The maximum absolute atomic E-state index is 12.2. The molecule has 3 aromatic rings. The number of benzene rings is 2. The Kier molecular flexibility index (Phi) is 4.79. The van der Waals surface area contributed by atoms with E-state index in [0.29, 0.717) is 16.8 Å². The molecule has 126 valence electrons. The molecule has 0 aliphatic rings. The smallest absolute Gasteiger partial charge is 0.267 e. The number of aryl methyl sites for hydroxylation is 1. The minimum atomic E-state index is -0.437. The number of nitrogens with one attached hydrogen (secondary N) is 2. The van der Waals surface area contributed by atoms with Crippen molar-refractivity contribution in [2.24, 2.45) is 0 Å². The Morgan fingerprint density at radius 1 is 1.00 bits per heavy atom. The third kappa shape index (κ3) is 3.86. The van der Waals surface area contributed by atoms with Crippen molar-refractivity contribution < 1.29 is 9.59 Å². The Hall–Kier alpha value is -3.55. The van der Waals surface area contributed by atoms with Crippen LogP contribution in [0.15, 0.2) is 54.9 Å². The fourth-order valence-corrected chi connectivity index (χ4v) is 2.22. The molecule has 8 nitrogen and oxygen atoms in total. The Morgan fingerprint density at radius 2 is 1.72 bits per heavy atom. The van der Waals surface area contributed by atoms with Crippen LogP contribution in [0, 0.1) is 0 Å². The van der Waals surface area contributed by atoms with Crippen molar-refractivity contribution in [3.8, 4) is 5.69 Å². The second kappa shape index (κ2) is 7.35. The quantitative estimate of drug-likeness (QED) is 0.699. The topological polar surface area (TPSA) is 102 Å². The van der Waals surface area contributed by atoms with Gasteiger partial charge in [-0.25, -0.2) is 4.68 Å². The number of tetrazole rings is 1. The number of aromatic nitrogens is 4. The van der Waals surface area contributed by atoms with E-state index in [1.165, 1.54) is 11.0 Å². The van der Waals surface area contributed by atoms with E-state index in [1.54, 1.807) is 36.4 Å². The Labute approximate surface area is 143 Å². The van der Waals surface area contributed by atoms with Crippen LogP contribution < -0.4 is 10.9 Å². The van der Waals surface area contributed by atoms with E-state index in [2.05, 4.69) is 26.4 Å². The van der Waals surface area contributed by atoms with E-state index in [1.807, 2.05) is 19.1 Å². The molecule has 0 saturated heterocycles. The van der Waals surface area contributed by atoms with Crippen LogP contribution in [0.5, 0.6) is 0 Å². The van der Waals surface area contributed by atoms with Gasteiger partial charge in [-0.05, 0) is 52.7 Å². The monoisotopic (exact) mass is 336 g/mol. The van der Waals surface area contributed by atoms with Crippen LogP contribution >= 0.6 is 0 Å². The van der Waals surface area contributed by atoms with Crippen LogP contribution in [-0.4, -0.2) is 32.0 Å². The van der Waals surface area contributed by atoms with E-state index in [9.17, 15) is 9.59 Å². The van der Waals surface area contributed by atoms with Crippen LogP contribution in [0.2, 0.25) is 0 Å². The maximum atomic E-state index is 12.2. The van der Waals surface area contributed by atoms with Crippen molar-refractivity contribution >= 4 is 11.8 Å². The highest BCUT2D eigenvalue weighted by atomic mass is 16.2. The molecular weight excluding hydrogens is 320 g/mol. The molecule has 0 aliphatic heterocycles. The lowest BCUT2D eigenvalue weighted by Crippen LogP contribution is -2.41. The van der Waals surface area contributed by atoms with E-state index in [4.69, 9.17) is 0 Å². The molecule has 2 amide bonds. The predicted octanol–water partition coefficient (Wildman–Crippen LogP) is 1.30. The Balaban J connectivity index is 1.64. The number of nitrogens with zero attached hydrogens (tertiary/aromatic N) is 4. The average Bonchev–Trinajstić information content (AvgIpc) is 3.21. The van der Waals surface area contributed by atoms with Crippen LogP contribution in [0.1, 0.15) is 33.2 Å². The molecule has 0 radical (unpaired) electrons. The van der Waals surface area contributed by atoms with E-state index in [0.717, 1.165) is 12.0 Å². The number of rotatable bonds is 4. The standard InChI is InChI=1S/C17H16N6O2/c1-2-12-6-8-13(9-7-12)16(24)19-20-17(25)14-4-3-5-15(10-14)23-11-18-21-22-23/h3-11H,2H2,1H3,(H,19,24)(H,20,25). The minimum Gasteiger partial charge on any atom is -0.267 e. The number of carbonyl (C=O) groups excluding carboxylic acids is 2. The summed E-state index contributed by atoms with van der Waals surface area (Å²) >= 11 is 0. The van der Waals surface area contributed by atoms with E-state index in [-0.39, 0.29) is 5.91 Å². The third-order valence-electron chi connectivity index (χ3n) is 3.64. The first-order valence-corrected chi connectivity index (χ1v) is 7.70. The largest absolute Gasteiger partial charge is 0.269 e. The van der Waals surface area contributed by atoms with Gasteiger partial charge in [0.05, 0.1) is 5.69 Å². The van der Waals surface area contributed by atoms with Gasteiger partial charge in [0.15, 0.2) is 0 Å². The number of hydrazine groups is 1. The summed E-state index contributed by atoms with van der Waals surface area (Å²) in [5.41, 5.74) is 7.42. The molecule has 0 aliphatic carbocycles. The lowest BCUT2D eigenvalue weighted by atomic mass is 10.1. The van der Waals surface area contributed by atoms with Gasteiger partial charge in [-0.1, -0.05) is 25.1 Å². The molecule has 1 aromatic heterocycles. The van der Waals surface area contributed by atoms with Crippen molar-refractivity contribution in [3.63, 3.8) is 0 Å². The van der Waals surface area contributed by atoms with Crippen LogP contribution in [0.25, 0.3) is 5.69 Å². The third-order valence-corrected chi connectivity index (χ3v) is 3.64. The van der Waals surface area contributed by atoms with Gasteiger partial charge in [0, 0.05) is 11.1 Å². The lowest BCUT2D eigenvalue weighted by Gasteiger charge is -2.09. The summed E-state index contributed by atoms with van der Waals surface area (Å²) in [5.74, 6) is -0.818. The molecular formula is C17H16N6O2. The lowest BCUT2D eigenvalue weighted by molar-refractivity contribution is 0.0846. The molecule has 0 saturated carbocycles. The fourth-order valence-electron chi connectivity index (χ4n) is 2.22. The van der Waals surface area contributed by atoms with Gasteiger partial charge in [-0.15, -0.1) is 5.10 Å². The number of carbonyl (C=O) groups is 2. The van der Waals surface area contributed by atoms with Gasteiger partial charge in [-0.2, -0.15) is 0 Å². The molecule has 2 aromatic carbocycles. The van der Waals surface area contributed by atoms with Gasteiger partial charge in [-0.3, -0.25) is 20.4 Å². The summed E-state index contributed by atoms with van der Waals surface area (Å²) in [6.45, 7) is 2.04. The first-order valence-electron chi connectivity index (χ1n) is 7.70. The molecule has 0 bridgehead atoms. The van der Waals surface area contributed by atoms with Crippen molar-refractivity contribution in [2.45, 2.75) is 13.3 Å². The summed E-state index contributed by atoms with van der Waals surface area (Å²) in [6, 6.07) is 13.9. The second-order valence-corrected chi connectivity index (χ2v) is 5.26. The molecule has 8 heteroatoms. The van der Waals surface area contributed by atoms with E-state index >= 15 is 0 Å². The first-order chi connectivity index (χ1) is 12.2. The van der Waals surface area contributed by atoms with Crippen molar-refractivity contribution in [1.82, 2.24) is 31.1 Å². The Bertz CT molecular complexity index is 874.